The van der Waals surface area contributed by atoms with Gasteiger partial charge in [0.1, 0.15) is 13.1 Å². The van der Waals surface area contributed by atoms with Gasteiger partial charge in [-0.25, -0.2) is 9.13 Å². The SMILES string of the molecule is SCCCCCC[n+]1ccc(-c2cc[n+](CCCCCCS)cc2)cc1. The Hall–Kier alpha value is -1.00. The molecular weight excluding hydrogens is 356 g/mol. The first kappa shape index (κ1) is 21.3. The van der Waals surface area contributed by atoms with E-state index in [1.165, 1.54) is 62.5 Å². The summed E-state index contributed by atoms with van der Waals surface area (Å²) in [6.07, 6.45) is 19.0. The first-order chi connectivity index (χ1) is 12.8. The van der Waals surface area contributed by atoms with Gasteiger partial charge in [-0.2, -0.15) is 25.3 Å². The topological polar surface area (TPSA) is 7.76 Å². The number of thiol groups is 2. The van der Waals surface area contributed by atoms with Gasteiger partial charge in [0.15, 0.2) is 24.8 Å². The highest BCUT2D eigenvalue weighted by molar-refractivity contribution is 7.80. The second-order valence-corrected chi connectivity index (χ2v) is 7.82. The molecule has 26 heavy (non-hydrogen) atoms. The van der Waals surface area contributed by atoms with Crippen molar-refractivity contribution in [2.45, 2.75) is 64.5 Å². The Labute approximate surface area is 170 Å². The van der Waals surface area contributed by atoms with Crippen molar-refractivity contribution in [3.05, 3.63) is 49.1 Å². The van der Waals surface area contributed by atoms with Gasteiger partial charge >= 0.3 is 0 Å². The number of aromatic nitrogens is 2. The van der Waals surface area contributed by atoms with Crippen molar-refractivity contribution in [2.75, 3.05) is 11.5 Å². The van der Waals surface area contributed by atoms with E-state index < -0.39 is 0 Å². The molecule has 0 fully saturated rings. The maximum absolute atomic E-state index is 4.26. The highest BCUT2D eigenvalue weighted by Crippen LogP contribution is 2.15. The fourth-order valence-corrected chi connectivity index (χ4v) is 3.56. The molecule has 0 bridgehead atoms. The van der Waals surface area contributed by atoms with Gasteiger partial charge in [-0.1, -0.05) is 12.8 Å². The van der Waals surface area contributed by atoms with Crippen LogP contribution in [0.5, 0.6) is 0 Å². The molecule has 2 nitrogen and oxygen atoms in total. The average molecular weight is 391 g/mol. The third kappa shape index (κ3) is 8.13. The summed E-state index contributed by atoms with van der Waals surface area (Å²) >= 11 is 8.53. The molecule has 0 saturated heterocycles. The minimum atomic E-state index is 1.01. The summed E-state index contributed by atoms with van der Waals surface area (Å²) < 4.78 is 4.58. The van der Waals surface area contributed by atoms with Crippen LogP contribution in [0.25, 0.3) is 11.1 Å². The molecule has 0 N–H and O–H groups in total. The van der Waals surface area contributed by atoms with Gasteiger partial charge in [0, 0.05) is 37.1 Å². The first-order valence-electron chi connectivity index (χ1n) is 10.0. The zero-order valence-electron chi connectivity index (χ0n) is 15.9. The van der Waals surface area contributed by atoms with Crippen molar-refractivity contribution < 1.29 is 9.13 Å². The van der Waals surface area contributed by atoms with Crippen molar-refractivity contribution in [3.8, 4) is 11.1 Å². The summed E-state index contributed by atoms with van der Waals surface area (Å²) in [5.74, 6) is 2.02. The Balaban J connectivity index is 1.77. The van der Waals surface area contributed by atoms with Crippen LogP contribution in [0, 0.1) is 0 Å². The molecule has 0 aliphatic rings. The Morgan fingerprint density at radius 3 is 1.19 bits per heavy atom. The summed E-state index contributed by atoms with van der Waals surface area (Å²) in [5.41, 5.74) is 2.58. The predicted molar refractivity (Wildman–Crippen MR) is 117 cm³/mol. The normalized spacial score (nSPS) is 11.0. The highest BCUT2D eigenvalue weighted by atomic mass is 32.1. The molecule has 2 aromatic rings. The molecule has 2 rings (SSSR count). The molecule has 0 amide bonds. The number of hydrogen-bond donors (Lipinski definition) is 2. The van der Waals surface area contributed by atoms with Gasteiger partial charge in [0.05, 0.1) is 0 Å². The maximum atomic E-state index is 4.26. The van der Waals surface area contributed by atoms with E-state index in [0.717, 1.165) is 24.6 Å². The van der Waals surface area contributed by atoms with Crippen LogP contribution in [0.4, 0.5) is 0 Å². The molecule has 4 heteroatoms. The lowest BCUT2D eigenvalue weighted by atomic mass is 10.1. The molecule has 0 spiro atoms. The predicted octanol–water partition coefficient (Wildman–Crippen LogP) is 4.91. The zero-order valence-corrected chi connectivity index (χ0v) is 17.7. The van der Waals surface area contributed by atoms with E-state index in [9.17, 15) is 0 Å². The van der Waals surface area contributed by atoms with Crippen molar-refractivity contribution >= 4 is 25.3 Å². The summed E-state index contributed by atoms with van der Waals surface area (Å²) in [5, 5.41) is 0. The molecule has 2 aromatic heterocycles. The molecule has 0 atom stereocenters. The van der Waals surface area contributed by atoms with E-state index in [1.54, 1.807) is 0 Å². The van der Waals surface area contributed by atoms with Crippen molar-refractivity contribution in [1.82, 2.24) is 0 Å². The number of aryl methyl sites for hydroxylation is 2. The molecule has 142 valence electrons. The van der Waals surface area contributed by atoms with E-state index in [4.69, 9.17) is 0 Å². The Morgan fingerprint density at radius 1 is 0.500 bits per heavy atom. The minimum absolute atomic E-state index is 1.01. The third-order valence-corrected chi connectivity index (χ3v) is 5.40. The lowest BCUT2D eigenvalue weighted by Gasteiger charge is -2.02. The van der Waals surface area contributed by atoms with E-state index >= 15 is 0 Å². The van der Waals surface area contributed by atoms with Crippen molar-refractivity contribution in [2.24, 2.45) is 0 Å². The van der Waals surface area contributed by atoms with Gasteiger partial charge in [0.25, 0.3) is 0 Å². The molecule has 0 saturated carbocycles. The summed E-state index contributed by atoms with van der Waals surface area (Å²) in [6, 6.07) is 8.91. The van der Waals surface area contributed by atoms with Crippen LogP contribution in [0.2, 0.25) is 0 Å². The van der Waals surface area contributed by atoms with Crippen LogP contribution in [0.15, 0.2) is 49.1 Å². The Kier molecular flexibility index (Phi) is 10.8. The van der Waals surface area contributed by atoms with Crippen LogP contribution in [-0.4, -0.2) is 11.5 Å². The molecular formula is C22H34N2S2+2. The first-order valence-corrected chi connectivity index (χ1v) is 11.3. The second kappa shape index (κ2) is 13.2. The van der Waals surface area contributed by atoms with E-state index in [-0.39, 0.29) is 0 Å². The molecule has 0 unspecified atom stereocenters. The minimum Gasteiger partial charge on any atom is -0.205 e. The number of pyridine rings is 2. The van der Waals surface area contributed by atoms with E-state index in [1.807, 2.05) is 0 Å². The second-order valence-electron chi connectivity index (χ2n) is 6.92. The molecule has 0 aliphatic heterocycles. The van der Waals surface area contributed by atoms with Crippen LogP contribution >= 0.6 is 25.3 Å². The third-order valence-electron chi connectivity index (χ3n) is 4.76. The fraction of sp³-hybridized carbons (Fsp3) is 0.545. The van der Waals surface area contributed by atoms with Crippen molar-refractivity contribution in [1.29, 1.82) is 0 Å². The summed E-state index contributed by atoms with van der Waals surface area (Å²) in [7, 11) is 0. The van der Waals surface area contributed by atoms with Crippen LogP contribution in [0.3, 0.4) is 0 Å². The van der Waals surface area contributed by atoms with E-state index in [0.29, 0.717) is 0 Å². The molecule has 0 aromatic carbocycles. The summed E-state index contributed by atoms with van der Waals surface area (Å²) in [4.78, 5) is 0. The number of unbranched alkanes of at least 4 members (excludes halogenated alkanes) is 6. The van der Waals surface area contributed by atoms with Gasteiger partial charge in [-0.15, -0.1) is 0 Å². The van der Waals surface area contributed by atoms with Crippen molar-refractivity contribution in [3.63, 3.8) is 0 Å². The number of nitrogens with zero attached hydrogens (tertiary/aromatic N) is 2. The lowest BCUT2D eigenvalue weighted by Crippen LogP contribution is -2.33. The Bertz CT molecular complexity index is 541. The van der Waals surface area contributed by atoms with E-state index in [2.05, 4.69) is 83.4 Å². The monoisotopic (exact) mass is 390 g/mol. The van der Waals surface area contributed by atoms with Gasteiger partial charge < -0.3 is 0 Å². The van der Waals surface area contributed by atoms with Gasteiger partial charge in [-0.05, 0) is 48.3 Å². The standard InChI is InChI=1S/C22H32N2S2/c25-19-7-3-1-5-13-23-15-9-21(10-16-23)22-11-17-24(18-12-22)14-6-2-4-8-20-26/h9-12,15-18H,1-8,13-14,19-20H2/p+2. The van der Waals surface area contributed by atoms with Gasteiger partial charge in [0.2, 0.25) is 0 Å². The maximum Gasteiger partial charge on any atom is 0.169 e. The quantitative estimate of drug-likeness (QED) is 0.273. The molecule has 2 heterocycles. The van der Waals surface area contributed by atoms with Crippen LogP contribution < -0.4 is 9.13 Å². The number of rotatable bonds is 13. The highest BCUT2D eigenvalue weighted by Gasteiger charge is 2.06. The smallest absolute Gasteiger partial charge is 0.169 e. The zero-order chi connectivity index (χ0) is 18.5. The van der Waals surface area contributed by atoms with Crippen LogP contribution in [-0.2, 0) is 13.1 Å². The summed E-state index contributed by atoms with van der Waals surface area (Å²) in [6.45, 7) is 2.21. The largest absolute Gasteiger partial charge is 0.205 e. The number of hydrogen-bond acceptors (Lipinski definition) is 2. The average Bonchev–Trinajstić information content (AvgIpc) is 2.69. The van der Waals surface area contributed by atoms with Crippen LogP contribution in [0.1, 0.15) is 51.4 Å². The fourth-order valence-electron chi connectivity index (χ4n) is 3.12. The molecule has 0 aliphatic carbocycles. The van der Waals surface area contributed by atoms with Gasteiger partial charge in [-0.3, -0.25) is 0 Å². The lowest BCUT2D eigenvalue weighted by molar-refractivity contribution is -0.697. The molecule has 0 radical (unpaired) electrons. The Morgan fingerprint density at radius 2 is 0.846 bits per heavy atom.